The summed E-state index contributed by atoms with van der Waals surface area (Å²) in [5.74, 6) is 0.339. The van der Waals surface area contributed by atoms with Crippen LogP contribution in [-0.2, 0) is 4.79 Å². The fourth-order valence-electron chi connectivity index (χ4n) is 3.44. The minimum atomic E-state index is 0.160. The summed E-state index contributed by atoms with van der Waals surface area (Å²) in [4.78, 5) is 14.8. The average molecular weight is 307 g/mol. The number of carbonyl (C=O) groups excluding carboxylic acids is 1. The summed E-state index contributed by atoms with van der Waals surface area (Å²) in [6.07, 6.45) is 8.13. The molecule has 21 heavy (non-hydrogen) atoms. The Balaban J connectivity index is 1.78. The molecule has 3 rings (SSSR count). The van der Waals surface area contributed by atoms with E-state index >= 15 is 0 Å². The number of hydrogen-bond donors (Lipinski definition) is 1. The minimum absolute atomic E-state index is 0.160. The molecule has 1 aliphatic carbocycles. The van der Waals surface area contributed by atoms with Crippen molar-refractivity contribution in [3.05, 3.63) is 23.2 Å². The van der Waals surface area contributed by atoms with Crippen molar-refractivity contribution < 1.29 is 4.79 Å². The van der Waals surface area contributed by atoms with Gasteiger partial charge in [0, 0.05) is 24.0 Å². The van der Waals surface area contributed by atoms with E-state index in [-0.39, 0.29) is 11.8 Å². The quantitative estimate of drug-likeness (QED) is 0.894. The normalized spacial score (nSPS) is 19.8. The molecular formula is C17H23ClN2O. The Morgan fingerprint density at radius 2 is 1.81 bits per heavy atom. The molecule has 1 N–H and O–H groups in total. The number of anilines is 2. The van der Waals surface area contributed by atoms with E-state index in [0.29, 0.717) is 5.02 Å². The fraction of sp³-hybridized carbons (Fsp3) is 0.588. The average Bonchev–Trinajstić information content (AvgIpc) is 3.03. The SMILES string of the molecule is O=C(Nc1cc(Cl)ccc1N1CCCCC1)C1CCCC1. The summed E-state index contributed by atoms with van der Waals surface area (Å²) < 4.78 is 0. The lowest BCUT2D eigenvalue weighted by atomic mass is 10.1. The van der Waals surface area contributed by atoms with Gasteiger partial charge in [-0.2, -0.15) is 0 Å². The van der Waals surface area contributed by atoms with E-state index in [2.05, 4.69) is 10.2 Å². The van der Waals surface area contributed by atoms with E-state index < -0.39 is 0 Å². The molecule has 1 amide bonds. The van der Waals surface area contributed by atoms with Crippen molar-refractivity contribution >= 4 is 28.9 Å². The second-order valence-electron chi connectivity index (χ2n) is 6.18. The zero-order valence-electron chi connectivity index (χ0n) is 12.4. The number of halogens is 1. The van der Waals surface area contributed by atoms with Gasteiger partial charge in [-0.05, 0) is 50.3 Å². The topological polar surface area (TPSA) is 32.3 Å². The number of nitrogens with zero attached hydrogens (tertiary/aromatic N) is 1. The Bertz CT molecular complexity index is 506. The van der Waals surface area contributed by atoms with Crippen LogP contribution in [0.1, 0.15) is 44.9 Å². The zero-order chi connectivity index (χ0) is 14.7. The van der Waals surface area contributed by atoms with Gasteiger partial charge in [-0.1, -0.05) is 24.4 Å². The Labute approximate surface area is 131 Å². The van der Waals surface area contributed by atoms with Gasteiger partial charge in [0.2, 0.25) is 5.91 Å². The number of benzene rings is 1. The highest BCUT2D eigenvalue weighted by Crippen LogP contribution is 2.33. The van der Waals surface area contributed by atoms with Crippen LogP contribution in [0.4, 0.5) is 11.4 Å². The van der Waals surface area contributed by atoms with Gasteiger partial charge in [0.05, 0.1) is 11.4 Å². The van der Waals surface area contributed by atoms with E-state index in [0.717, 1.165) is 37.3 Å². The van der Waals surface area contributed by atoms with Gasteiger partial charge < -0.3 is 10.2 Å². The van der Waals surface area contributed by atoms with E-state index in [4.69, 9.17) is 11.6 Å². The lowest BCUT2D eigenvalue weighted by Crippen LogP contribution is -2.31. The van der Waals surface area contributed by atoms with Crippen molar-refractivity contribution in [3.8, 4) is 0 Å². The summed E-state index contributed by atoms with van der Waals surface area (Å²) in [5.41, 5.74) is 1.99. The summed E-state index contributed by atoms with van der Waals surface area (Å²) >= 11 is 6.13. The van der Waals surface area contributed by atoms with Crippen molar-refractivity contribution in [1.29, 1.82) is 0 Å². The van der Waals surface area contributed by atoms with Crippen molar-refractivity contribution in [3.63, 3.8) is 0 Å². The minimum Gasteiger partial charge on any atom is -0.370 e. The molecule has 1 heterocycles. The first-order valence-corrected chi connectivity index (χ1v) is 8.47. The number of piperidine rings is 1. The lowest BCUT2D eigenvalue weighted by molar-refractivity contribution is -0.119. The van der Waals surface area contributed by atoms with Crippen molar-refractivity contribution in [2.75, 3.05) is 23.3 Å². The van der Waals surface area contributed by atoms with Crippen molar-refractivity contribution in [1.82, 2.24) is 0 Å². The highest BCUT2D eigenvalue weighted by atomic mass is 35.5. The molecule has 1 saturated heterocycles. The first kappa shape index (κ1) is 14.7. The first-order valence-electron chi connectivity index (χ1n) is 8.09. The van der Waals surface area contributed by atoms with Gasteiger partial charge in [-0.3, -0.25) is 4.79 Å². The van der Waals surface area contributed by atoms with E-state index in [1.807, 2.05) is 18.2 Å². The molecule has 1 aliphatic heterocycles. The predicted molar refractivity (Wildman–Crippen MR) is 88.1 cm³/mol. The molecule has 2 fully saturated rings. The van der Waals surface area contributed by atoms with Gasteiger partial charge in [-0.25, -0.2) is 0 Å². The zero-order valence-corrected chi connectivity index (χ0v) is 13.2. The summed E-state index contributed by atoms with van der Waals surface area (Å²) in [7, 11) is 0. The van der Waals surface area contributed by atoms with Crippen LogP contribution in [0.3, 0.4) is 0 Å². The summed E-state index contributed by atoms with van der Waals surface area (Å²) in [6, 6.07) is 5.84. The maximum absolute atomic E-state index is 12.4. The molecule has 0 unspecified atom stereocenters. The van der Waals surface area contributed by atoms with Crippen LogP contribution in [-0.4, -0.2) is 19.0 Å². The maximum Gasteiger partial charge on any atom is 0.227 e. The summed E-state index contributed by atoms with van der Waals surface area (Å²) in [5, 5.41) is 3.80. The summed E-state index contributed by atoms with van der Waals surface area (Å²) in [6.45, 7) is 2.13. The van der Waals surface area contributed by atoms with E-state index in [1.54, 1.807) is 0 Å². The van der Waals surface area contributed by atoms with E-state index in [9.17, 15) is 4.79 Å². The molecule has 1 aromatic carbocycles. The third-order valence-corrected chi connectivity index (χ3v) is 4.87. The third-order valence-electron chi connectivity index (χ3n) is 4.64. The number of amides is 1. The highest BCUT2D eigenvalue weighted by molar-refractivity contribution is 6.31. The van der Waals surface area contributed by atoms with Crippen LogP contribution in [0.25, 0.3) is 0 Å². The van der Waals surface area contributed by atoms with Crippen LogP contribution in [0.5, 0.6) is 0 Å². The molecule has 114 valence electrons. The smallest absolute Gasteiger partial charge is 0.227 e. The Kier molecular flexibility index (Phi) is 4.69. The Hall–Kier alpha value is -1.22. The number of carbonyl (C=O) groups is 1. The number of rotatable bonds is 3. The number of nitrogens with one attached hydrogen (secondary N) is 1. The molecule has 0 bridgehead atoms. The van der Waals surface area contributed by atoms with Gasteiger partial charge in [-0.15, -0.1) is 0 Å². The number of hydrogen-bond acceptors (Lipinski definition) is 2. The fourth-order valence-corrected chi connectivity index (χ4v) is 3.61. The Morgan fingerprint density at radius 1 is 1.10 bits per heavy atom. The van der Waals surface area contributed by atoms with Crippen LogP contribution in [0.2, 0.25) is 5.02 Å². The first-order chi connectivity index (χ1) is 10.2. The second-order valence-corrected chi connectivity index (χ2v) is 6.62. The van der Waals surface area contributed by atoms with Crippen LogP contribution in [0.15, 0.2) is 18.2 Å². The molecule has 1 aromatic rings. The lowest BCUT2D eigenvalue weighted by Gasteiger charge is -2.31. The molecule has 0 aromatic heterocycles. The second kappa shape index (κ2) is 6.69. The predicted octanol–water partition coefficient (Wildman–Crippen LogP) is 4.46. The van der Waals surface area contributed by atoms with Crippen molar-refractivity contribution in [2.24, 2.45) is 5.92 Å². The molecular weight excluding hydrogens is 284 g/mol. The van der Waals surface area contributed by atoms with Crippen LogP contribution >= 0.6 is 11.6 Å². The van der Waals surface area contributed by atoms with Gasteiger partial charge in [0.25, 0.3) is 0 Å². The third kappa shape index (κ3) is 3.52. The molecule has 2 aliphatic rings. The molecule has 3 nitrogen and oxygen atoms in total. The monoisotopic (exact) mass is 306 g/mol. The van der Waals surface area contributed by atoms with Gasteiger partial charge in [0.1, 0.15) is 0 Å². The molecule has 4 heteroatoms. The molecule has 1 saturated carbocycles. The standard InChI is InChI=1S/C17H23ClN2O/c18-14-8-9-16(20-10-4-1-5-11-20)15(12-14)19-17(21)13-6-2-3-7-13/h8-9,12-13H,1-7,10-11H2,(H,19,21). The maximum atomic E-state index is 12.4. The molecule has 0 radical (unpaired) electrons. The molecule has 0 spiro atoms. The van der Waals surface area contributed by atoms with Gasteiger partial charge in [0.15, 0.2) is 0 Å². The van der Waals surface area contributed by atoms with E-state index in [1.165, 1.54) is 32.1 Å². The van der Waals surface area contributed by atoms with Gasteiger partial charge >= 0.3 is 0 Å². The largest absolute Gasteiger partial charge is 0.370 e. The highest BCUT2D eigenvalue weighted by Gasteiger charge is 2.24. The molecule has 0 atom stereocenters. The van der Waals surface area contributed by atoms with Crippen molar-refractivity contribution in [2.45, 2.75) is 44.9 Å². The van der Waals surface area contributed by atoms with Crippen LogP contribution < -0.4 is 10.2 Å². The van der Waals surface area contributed by atoms with Crippen LogP contribution in [0, 0.1) is 5.92 Å². The Morgan fingerprint density at radius 3 is 2.52 bits per heavy atom.